The lowest BCUT2D eigenvalue weighted by Crippen LogP contribution is -2.12. The minimum absolute atomic E-state index is 0.449. The molecule has 14 heavy (non-hydrogen) atoms. The maximum Gasteiger partial charge on any atom is 0.144 e. The van der Waals surface area contributed by atoms with E-state index in [2.05, 4.69) is 17.2 Å². The first-order valence-electron chi connectivity index (χ1n) is 4.64. The predicted octanol–water partition coefficient (Wildman–Crippen LogP) is 3.60. The van der Waals surface area contributed by atoms with Crippen LogP contribution in [-0.4, -0.2) is 11.5 Å². The van der Waals surface area contributed by atoms with E-state index in [0.29, 0.717) is 15.5 Å². The lowest BCUT2D eigenvalue weighted by molar-refractivity contribution is 0.609. The van der Waals surface area contributed by atoms with Gasteiger partial charge in [0.25, 0.3) is 0 Å². The van der Waals surface area contributed by atoms with Crippen LogP contribution in [0.4, 0.5) is 5.82 Å². The van der Waals surface area contributed by atoms with Crippen LogP contribution in [0.2, 0.25) is 10.0 Å². The molecule has 1 saturated carbocycles. The Morgan fingerprint density at radius 1 is 1.50 bits per heavy atom. The molecule has 0 radical (unpaired) electrons. The van der Waals surface area contributed by atoms with Gasteiger partial charge >= 0.3 is 0 Å². The van der Waals surface area contributed by atoms with Gasteiger partial charge in [0.05, 0.1) is 10.0 Å². The Bertz CT molecular complexity index is 348. The van der Waals surface area contributed by atoms with Crippen LogP contribution in [0, 0.1) is 5.41 Å². The average Bonchev–Trinajstić information content (AvgIpc) is 2.83. The Hall–Kier alpha value is -0.470. The zero-order valence-corrected chi connectivity index (χ0v) is 9.49. The Kier molecular flexibility index (Phi) is 2.58. The Morgan fingerprint density at radius 3 is 2.79 bits per heavy atom. The molecule has 76 valence electrons. The number of nitrogens with zero attached hydrogens (tertiary/aromatic N) is 1. The molecule has 0 aromatic carbocycles. The van der Waals surface area contributed by atoms with Crippen molar-refractivity contribution in [2.45, 2.75) is 19.8 Å². The molecule has 1 N–H and O–H groups in total. The first-order valence-corrected chi connectivity index (χ1v) is 5.40. The van der Waals surface area contributed by atoms with Gasteiger partial charge in [-0.3, -0.25) is 0 Å². The van der Waals surface area contributed by atoms with Crippen LogP contribution in [0.5, 0.6) is 0 Å². The SMILES string of the molecule is CC1(CNc2ncc(Cl)cc2Cl)CC1. The summed E-state index contributed by atoms with van der Waals surface area (Å²) >= 11 is 11.7. The summed E-state index contributed by atoms with van der Waals surface area (Å²) in [6.07, 6.45) is 4.17. The number of halogens is 2. The van der Waals surface area contributed by atoms with Gasteiger partial charge in [0.2, 0.25) is 0 Å². The molecule has 0 spiro atoms. The Morgan fingerprint density at radius 2 is 2.21 bits per heavy atom. The second-order valence-electron chi connectivity index (χ2n) is 4.15. The summed E-state index contributed by atoms with van der Waals surface area (Å²) in [5, 5.41) is 4.39. The summed E-state index contributed by atoms with van der Waals surface area (Å²) in [4.78, 5) is 4.13. The van der Waals surface area contributed by atoms with Crippen LogP contribution in [0.3, 0.4) is 0 Å². The zero-order valence-electron chi connectivity index (χ0n) is 7.98. The molecule has 1 fully saturated rings. The molecule has 1 aromatic rings. The number of pyridine rings is 1. The third-order valence-electron chi connectivity index (χ3n) is 2.59. The molecule has 1 heterocycles. The van der Waals surface area contributed by atoms with E-state index < -0.39 is 0 Å². The van der Waals surface area contributed by atoms with E-state index in [4.69, 9.17) is 23.2 Å². The number of hydrogen-bond acceptors (Lipinski definition) is 2. The van der Waals surface area contributed by atoms with Crippen molar-refractivity contribution < 1.29 is 0 Å². The van der Waals surface area contributed by atoms with E-state index in [1.165, 1.54) is 12.8 Å². The van der Waals surface area contributed by atoms with Gasteiger partial charge in [-0.2, -0.15) is 0 Å². The van der Waals surface area contributed by atoms with Gasteiger partial charge in [0.15, 0.2) is 0 Å². The quantitative estimate of drug-likeness (QED) is 0.859. The normalized spacial score (nSPS) is 17.9. The fourth-order valence-electron chi connectivity index (χ4n) is 1.23. The van der Waals surface area contributed by atoms with E-state index in [0.717, 1.165) is 12.4 Å². The highest BCUT2D eigenvalue weighted by atomic mass is 35.5. The maximum atomic E-state index is 5.97. The highest BCUT2D eigenvalue weighted by Gasteiger charge is 2.36. The minimum Gasteiger partial charge on any atom is -0.368 e. The van der Waals surface area contributed by atoms with Crippen LogP contribution < -0.4 is 5.32 Å². The smallest absolute Gasteiger partial charge is 0.144 e. The van der Waals surface area contributed by atoms with Gasteiger partial charge in [-0.15, -0.1) is 0 Å². The van der Waals surface area contributed by atoms with E-state index in [9.17, 15) is 0 Å². The Balaban J connectivity index is 2.02. The van der Waals surface area contributed by atoms with Gasteiger partial charge in [-0.1, -0.05) is 30.1 Å². The molecular weight excluding hydrogens is 219 g/mol. The average molecular weight is 231 g/mol. The molecule has 1 aromatic heterocycles. The van der Waals surface area contributed by atoms with Crippen LogP contribution in [-0.2, 0) is 0 Å². The molecule has 0 amide bonds. The number of anilines is 1. The molecule has 0 saturated heterocycles. The molecule has 0 bridgehead atoms. The zero-order chi connectivity index (χ0) is 10.2. The fraction of sp³-hybridized carbons (Fsp3) is 0.500. The summed E-state index contributed by atoms with van der Waals surface area (Å²) in [6, 6.07) is 1.70. The molecule has 4 heteroatoms. The summed E-state index contributed by atoms with van der Waals surface area (Å²) in [5.74, 6) is 0.726. The van der Waals surface area contributed by atoms with E-state index in [1.54, 1.807) is 12.3 Å². The third kappa shape index (κ3) is 2.31. The largest absolute Gasteiger partial charge is 0.368 e. The van der Waals surface area contributed by atoms with Crippen molar-refractivity contribution in [2.75, 3.05) is 11.9 Å². The van der Waals surface area contributed by atoms with Crippen molar-refractivity contribution in [1.82, 2.24) is 4.98 Å². The second kappa shape index (κ2) is 3.59. The minimum atomic E-state index is 0.449. The van der Waals surface area contributed by atoms with E-state index in [-0.39, 0.29) is 0 Å². The molecular formula is C10H12Cl2N2. The van der Waals surface area contributed by atoms with Crippen molar-refractivity contribution >= 4 is 29.0 Å². The van der Waals surface area contributed by atoms with Gasteiger partial charge < -0.3 is 5.32 Å². The molecule has 0 atom stereocenters. The molecule has 1 aliphatic carbocycles. The molecule has 2 rings (SSSR count). The van der Waals surface area contributed by atoms with Crippen LogP contribution >= 0.6 is 23.2 Å². The van der Waals surface area contributed by atoms with Crippen molar-refractivity contribution in [3.05, 3.63) is 22.3 Å². The maximum absolute atomic E-state index is 5.97. The van der Waals surface area contributed by atoms with Crippen molar-refractivity contribution in [2.24, 2.45) is 5.41 Å². The lowest BCUT2D eigenvalue weighted by Gasteiger charge is -2.11. The van der Waals surface area contributed by atoms with Gasteiger partial charge in [0.1, 0.15) is 5.82 Å². The van der Waals surface area contributed by atoms with E-state index >= 15 is 0 Å². The monoisotopic (exact) mass is 230 g/mol. The summed E-state index contributed by atoms with van der Waals surface area (Å²) in [6.45, 7) is 3.19. The molecule has 0 unspecified atom stereocenters. The molecule has 0 aliphatic heterocycles. The number of nitrogens with one attached hydrogen (secondary N) is 1. The highest BCUT2D eigenvalue weighted by Crippen LogP contribution is 2.44. The number of rotatable bonds is 3. The summed E-state index contributed by atoms with van der Waals surface area (Å²) in [5.41, 5.74) is 0.449. The number of hydrogen-bond donors (Lipinski definition) is 1. The Labute approximate surface area is 93.6 Å². The van der Waals surface area contributed by atoms with Gasteiger partial charge in [0, 0.05) is 12.7 Å². The van der Waals surface area contributed by atoms with Crippen LogP contribution in [0.1, 0.15) is 19.8 Å². The number of aromatic nitrogens is 1. The van der Waals surface area contributed by atoms with Crippen LogP contribution in [0.25, 0.3) is 0 Å². The van der Waals surface area contributed by atoms with Crippen molar-refractivity contribution in [3.63, 3.8) is 0 Å². The van der Waals surface area contributed by atoms with Gasteiger partial charge in [-0.25, -0.2) is 4.98 Å². The first-order chi connectivity index (χ1) is 6.59. The first kappa shape index (κ1) is 10.1. The van der Waals surface area contributed by atoms with E-state index in [1.807, 2.05) is 0 Å². The van der Waals surface area contributed by atoms with Crippen molar-refractivity contribution in [3.8, 4) is 0 Å². The summed E-state index contributed by atoms with van der Waals surface area (Å²) < 4.78 is 0. The lowest BCUT2D eigenvalue weighted by atomic mass is 10.1. The predicted molar refractivity (Wildman–Crippen MR) is 60.1 cm³/mol. The topological polar surface area (TPSA) is 24.9 Å². The second-order valence-corrected chi connectivity index (χ2v) is 4.99. The summed E-state index contributed by atoms with van der Waals surface area (Å²) in [7, 11) is 0. The molecule has 1 aliphatic rings. The third-order valence-corrected chi connectivity index (χ3v) is 3.09. The van der Waals surface area contributed by atoms with Gasteiger partial charge in [-0.05, 0) is 24.3 Å². The fourth-order valence-corrected chi connectivity index (χ4v) is 1.68. The van der Waals surface area contributed by atoms with Crippen molar-refractivity contribution in [1.29, 1.82) is 0 Å². The standard InChI is InChI=1S/C10H12Cl2N2/c1-10(2-3-10)6-14-9-8(12)4-7(11)5-13-9/h4-5H,2-3,6H2,1H3,(H,13,14). The van der Waals surface area contributed by atoms with Crippen LogP contribution in [0.15, 0.2) is 12.3 Å². The highest BCUT2D eigenvalue weighted by molar-refractivity contribution is 6.35. The molecule has 2 nitrogen and oxygen atoms in total.